The van der Waals surface area contributed by atoms with E-state index in [1.807, 2.05) is 0 Å². The Morgan fingerprint density at radius 1 is 1.16 bits per heavy atom. The third-order valence-electron chi connectivity index (χ3n) is 7.66. The van der Waals surface area contributed by atoms with Gasteiger partial charge in [-0.3, -0.25) is 4.79 Å². The summed E-state index contributed by atoms with van der Waals surface area (Å²) in [5, 5.41) is 1.91. The standard InChI is InChI=1S/C24H28FNO4S/c1-15-7-19(4-5-20(15)25)31(28,29)22(21-3-2-6-30-21)14-26-23(27)24-11-16-8-17(12-24)10-18(9-16)13-24/h2-7,16-18,22H,8-14H2,1H3,(H,26,27)/t16?,17?,18?,22-,24?/m0/s1. The number of amides is 1. The van der Waals surface area contributed by atoms with Crippen LogP contribution in [-0.4, -0.2) is 20.9 Å². The van der Waals surface area contributed by atoms with Gasteiger partial charge in [0.1, 0.15) is 16.8 Å². The molecule has 4 fully saturated rings. The summed E-state index contributed by atoms with van der Waals surface area (Å²) in [4.78, 5) is 13.4. The van der Waals surface area contributed by atoms with Crippen LogP contribution in [0.3, 0.4) is 0 Å². The Kier molecular flexibility index (Phi) is 5.00. The molecule has 0 saturated heterocycles. The maximum absolute atomic E-state index is 13.7. The lowest BCUT2D eigenvalue weighted by atomic mass is 9.49. The molecule has 1 amide bonds. The van der Waals surface area contributed by atoms with Crippen molar-refractivity contribution in [2.24, 2.45) is 23.2 Å². The monoisotopic (exact) mass is 445 g/mol. The highest BCUT2D eigenvalue weighted by molar-refractivity contribution is 7.91. The molecule has 0 aliphatic heterocycles. The molecule has 1 atom stereocenters. The van der Waals surface area contributed by atoms with Gasteiger partial charge in [-0.05, 0) is 99.1 Å². The number of hydrogen-bond donors (Lipinski definition) is 1. The van der Waals surface area contributed by atoms with Gasteiger partial charge < -0.3 is 9.73 Å². The largest absolute Gasteiger partial charge is 0.468 e. The molecule has 2 aromatic rings. The summed E-state index contributed by atoms with van der Waals surface area (Å²) in [6, 6.07) is 7.01. The third-order valence-corrected chi connectivity index (χ3v) is 9.72. The Balaban J connectivity index is 1.39. The molecule has 7 heteroatoms. The lowest BCUT2D eigenvalue weighted by Gasteiger charge is -2.55. The molecule has 4 bridgehead atoms. The predicted molar refractivity (Wildman–Crippen MR) is 113 cm³/mol. The molecule has 166 valence electrons. The number of carbonyl (C=O) groups excluding carboxylic acids is 1. The van der Waals surface area contributed by atoms with Crippen LogP contribution in [0.2, 0.25) is 0 Å². The highest BCUT2D eigenvalue weighted by Crippen LogP contribution is 2.60. The highest BCUT2D eigenvalue weighted by Gasteiger charge is 2.54. The fraction of sp³-hybridized carbons (Fsp3) is 0.542. The summed E-state index contributed by atoms with van der Waals surface area (Å²) in [6.45, 7) is 1.47. The number of carbonyl (C=O) groups is 1. The number of rotatable bonds is 6. The molecule has 6 rings (SSSR count). The van der Waals surface area contributed by atoms with Crippen LogP contribution in [0.5, 0.6) is 0 Å². The number of sulfone groups is 1. The van der Waals surface area contributed by atoms with E-state index in [9.17, 15) is 17.6 Å². The highest BCUT2D eigenvalue weighted by atomic mass is 32.2. The van der Waals surface area contributed by atoms with E-state index in [-0.39, 0.29) is 34.1 Å². The van der Waals surface area contributed by atoms with Crippen molar-refractivity contribution < 1.29 is 22.0 Å². The zero-order valence-corrected chi connectivity index (χ0v) is 18.5. The number of nitrogens with one attached hydrogen (secondary N) is 1. The van der Waals surface area contributed by atoms with Gasteiger partial charge in [-0.1, -0.05) is 0 Å². The SMILES string of the molecule is Cc1cc(S(=O)(=O)[C@@H](CNC(=O)C23CC4CC(CC(C4)C2)C3)c2ccco2)ccc1F. The molecular formula is C24H28FNO4S. The minimum atomic E-state index is -3.89. The van der Waals surface area contributed by atoms with Crippen LogP contribution in [0.4, 0.5) is 4.39 Å². The van der Waals surface area contributed by atoms with Crippen LogP contribution < -0.4 is 5.32 Å². The maximum atomic E-state index is 13.7. The molecule has 0 radical (unpaired) electrons. The van der Waals surface area contributed by atoms with E-state index in [2.05, 4.69) is 5.32 Å². The zero-order chi connectivity index (χ0) is 21.8. The first-order valence-electron chi connectivity index (χ1n) is 11.1. The van der Waals surface area contributed by atoms with Gasteiger partial charge in [0.15, 0.2) is 9.84 Å². The van der Waals surface area contributed by atoms with Crippen LogP contribution in [0.25, 0.3) is 0 Å². The molecule has 0 unspecified atom stereocenters. The van der Waals surface area contributed by atoms with E-state index in [1.54, 1.807) is 12.1 Å². The summed E-state index contributed by atoms with van der Waals surface area (Å²) < 4.78 is 46.0. The van der Waals surface area contributed by atoms with Gasteiger partial charge in [0.2, 0.25) is 5.91 Å². The first-order chi connectivity index (χ1) is 14.8. The van der Waals surface area contributed by atoms with E-state index < -0.39 is 20.9 Å². The number of halogens is 1. The van der Waals surface area contributed by atoms with E-state index in [0.29, 0.717) is 17.8 Å². The fourth-order valence-corrected chi connectivity index (χ4v) is 8.23. The normalized spacial score (nSPS) is 30.3. The van der Waals surface area contributed by atoms with E-state index in [1.165, 1.54) is 44.6 Å². The summed E-state index contributed by atoms with van der Waals surface area (Å²) in [6.07, 6.45) is 7.88. The number of hydrogen-bond acceptors (Lipinski definition) is 4. The van der Waals surface area contributed by atoms with E-state index in [4.69, 9.17) is 4.42 Å². The van der Waals surface area contributed by atoms with Crippen LogP contribution in [-0.2, 0) is 14.6 Å². The van der Waals surface area contributed by atoms with Gasteiger partial charge in [0.25, 0.3) is 0 Å². The molecule has 4 saturated carbocycles. The van der Waals surface area contributed by atoms with Gasteiger partial charge in [-0.2, -0.15) is 0 Å². The fourth-order valence-electron chi connectivity index (χ4n) is 6.56. The van der Waals surface area contributed by atoms with Crippen molar-refractivity contribution in [1.82, 2.24) is 5.32 Å². The Labute approximate surface area is 182 Å². The first-order valence-corrected chi connectivity index (χ1v) is 12.6. The molecule has 0 spiro atoms. The second-order valence-corrected chi connectivity index (χ2v) is 12.0. The van der Waals surface area contributed by atoms with Gasteiger partial charge in [-0.25, -0.2) is 12.8 Å². The molecule has 4 aliphatic rings. The van der Waals surface area contributed by atoms with Crippen molar-refractivity contribution >= 4 is 15.7 Å². The second kappa shape index (κ2) is 7.47. The first kappa shape index (κ1) is 20.7. The lowest BCUT2D eigenvalue weighted by molar-refractivity contribution is -0.146. The van der Waals surface area contributed by atoms with Crippen molar-refractivity contribution in [3.63, 3.8) is 0 Å². The molecule has 1 aromatic carbocycles. The topological polar surface area (TPSA) is 76.4 Å². The summed E-state index contributed by atoms with van der Waals surface area (Å²) in [5.41, 5.74) is -0.0875. The predicted octanol–water partition coefficient (Wildman–Crippen LogP) is 4.57. The van der Waals surface area contributed by atoms with Crippen LogP contribution in [0.15, 0.2) is 45.9 Å². The van der Waals surface area contributed by atoms with E-state index in [0.717, 1.165) is 25.3 Å². The average molecular weight is 446 g/mol. The summed E-state index contributed by atoms with van der Waals surface area (Å²) >= 11 is 0. The lowest BCUT2D eigenvalue weighted by Crippen LogP contribution is -2.54. The number of aryl methyl sites for hydroxylation is 1. The molecule has 1 heterocycles. The van der Waals surface area contributed by atoms with Gasteiger partial charge in [0, 0.05) is 12.0 Å². The molecule has 5 nitrogen and oxygen atoms in total. The van der Waals surface area contributed by atoms with Crippen molar-refractivity contribution in [2.75, 3.05) is 6.54 Å². The smallest absolute Gasteiger partial charge is 0.226 e. The zero-order valence-electron chi connectivity index (χ0n) is 17.6. The van der Waals surface area contributed by atoms with E-state index >= 15 is 0 Å². The minimum Gasteiger partial charge on any atom is -0.468 e. The third kappa shape index (κ3) is 3.60. The molecule has 4 aliphatic carbocycles. The van der Waals surface area contributed by atoms with Crippen LogP contribution >= 0.6 is 0 Å². The van der Waals surface area contributed by atoms with Crippen molar-refractivity contribution in [3.8, 4) is 0 Å². The molecule has 1 N–H and O–H groups in total. The Hall–Kier alpha value is -2.15. The Morgan fingerprint density at radius 3 is 2.35 bits per heavy atom. The van der Waals surface area contributed by atoms with Crippen LogP contribution in [0, 0.1) is 35.9 Å². The van der Waals surface area contributed by atoms with Crippen molar-refractivity contribution in [3.05, 3.63) is 53.7 Å². The van der Waals surface area contributed by atoms with Crippen molar-refractivity contribution in [1.29, 1.82) is 0 Å². The summed E-state index contributed by atoms with van der Waals surface area (Å²) in [7, 11) is -3.89. The molecule has 31 heavy (non-hydrogen) atoms. The number of benzene rings is 1. The van der Waals surface area contributed by atoms with Gasteiger partial charge >= 0.3 is 0 Å². The average Bonchev–Trinajstić information content (AvgIpc) is 3.23. The molecular weight excluding hydrogens is 417 g/mol. The van der Waals surface area contributed by atoms with Gasteiger partial charge in [0.05, 0.1) is 11.2 Å². The maximum Gasteiger partial charge on any atom is 0.226 e. The van der Waals surface area contributed by atoms with Gasteiger partial charge in [-0.15, -0.1) is 0 Å². The number of furan rings is 1. The second-order valence-electron chi connectivity index (χ2n) is 9.87. The quantitative estimate of drug-likeness (QED) is 0.661. The minimum absolute atomic E-state index is 0.0198. The Bertz CT molecular complexity index is 1060. The summed E-state index contributed by atoms with van der Waals surface area (Å²) in [5.74, 6) is 1.68. The Morgan fingerprint density at radius 2 is 1.81 bits per heavy atom. The van der Waals surface area contributed by atoms with Crippen LogP contribution in [0.1, 0.15) is 55.1 Å². The van der Waals surface area contributed by atoms with Crippen molar-refractivity contribution in [2.45, 2.75) is 55.6 Å². The molecule has 1 aromatic heterocycles.